The van der Waals surface area contributed by atoms with Crippen molar-refractivity contribution in [3.05, 3.63) is 0 Å². The van der Waals surface area contributed by atoms with Crippen LogP contribution in [0.3, 0.4) is 0 Å². The third-order valence-corrected chi connectivity index (χ3v) is 6.16. The standard InChI is InChI=1S/C15H24O/c1-14(2)6-5-11(16)13-12(14)9-7-10(8-9)15(13,3)4/h9-10,12-13H,5-8H2,1-4H3/t9?,10?,12-,13+/m1/s1. The maximum absolute atomic E-state index is 12.3. The third-order valence-electron chi connectivity index (χ3n) is 6.16. The molecular weight excluding hydrogens is 196 g/mol. The van der Waals surface area contributed by atoms with Crippen LogP contribution in [0.15, 0.2) is 0 Å². The number of hydrogen-bond acceptors (Lipinski definition) is 1. The molecule has 0 radical (unpaired) electrons. The van der Waals surface area contributed by atoms with E-state index in [1.165, 1.54) is 12.8 Å². The first kappa shape index (κ1) is 10.8. The molecule has 0 aromatic heterocycles. The second-order valence-electron chi connectivity index (χ2n) is 7.71. The first-order valence-electron chi connectivity index (χ1n) is 6.87. The van der Waals surface area contributed by atoms with Crippen LogP contribution in [-0.4, -0.2) is 5.78 Å². The van der Waals surface area contributed by atoms with Crippen LogP contribution in [0.4, 0.5) is 0 Å². The zero-order valence-electron chi connectivity index (χ0n) is 11.0. The average molecular weight is 220 g/mol. The molecule has 4 aliphatic carbocycles. The topological polar surface area (TPSA) is 17.1 Å². The minimum Gasteiger partial charge on any atom is -0.299 e. The van der Waals surface area contributed by atoms with Gasteiger partial charge in [-0.25, -0.2) is 0 Å². The summed E-state index contributed by atoms with van der Waals surface area (Å²) in [5, 5.41) is 0. The maximum Gasteiger partial charge on any atom is 0.136 e. The van der Waals surface area contributed by atoms with Crippen molar-refractivity contribution in [2.75, 3.05) is 0 Å². The van der Waals surface area contributed by atoms with E-state index in [9.17, 15) is 4.79 Å². The van der Waals surface area contributed by atoms with Crippen molar-refractivity contribution in [3.8, 4) is 0 Å². The molecule has 0 aromatic carbocycles. The van der Waals surface area contributed by atoms with Gasteiger partial charge in [-0.1, -0.05) is 27.7 Å². The van der Waals surface area contributed by atoms with Gasteiger partial charge in [-0.15, -0.1) is 0 Å². The number of rotatable bonds is 0. The highest BCUT2D eigenvalue weighted by molar-refractivity contribution is 5.83. The summed E-state index contributed by atoms with van der Waals surface area (Å²) in [6, 6.07) is 0. The Bertz CT molecular complexity index is 333. The first-order valence-corrected chi connectivity index (χ1v) is 6.87. The summed E-state index contributed by atoms with van der Waals surface area (Å²) in [5.41, 5.74) is 0.667. The van der Waals surface area contributed by atoms with Gasteiger partial charge < -0.3 is 0 Å². The van der Waals surface area contributed by atoms with Crippen molar-refractivity contribution in [2.45, 2.75) is 53.4 Å². The second-order valence-corrected chi connectivity index (χ2v) is 7.71. The second kappa shape index (κ2) is 2.91. The van der Waals surface area contributed by atoms with Crippen LogP contribution in [0.5, 0.6) is 0 Å². The lowest BCUT2D eigenvalue weighted by molar-refractivity contribution is -0.181. The van der Waals surface area contributed by atoms with E-state index in [0.29, 0.717) is 23.0 Å². The minimum atomic E-state index is 0.272. The number of hydrogen-bond donors (Lipinski definition) is 0. The first-order chi connectivity index (χ1) is 7.34. The van der Waals surface area contributed by atoms with E-state index in [0.717, 1.165) is 24.7 Å². The normalized spacial score (nSPS) is 48.1. The Morgan fingerprint density at radius 1 is 1.12 bits per heavy atom. The van der Waals surface area contributed by atoms with Crippen LogP contribution in [0, 0.1) is 34.5 Å². The van der Waals surface area contributed by atoms with Crippen LogP contribution in [-0.2, 0) is 4.79 Å². The molecule has 1 nitrogen and oxygen atoms in total. The van der Waals surface area contributed by atoms with Crippen molar-refractivity contribution in [1.29, 1.82) is 0 Å². The molecule has 4 saturated carbocycles. The van der Waals surface area contributed by atoms with Crippen molar-refractivity contribution in [1.82, 2.24) is 0 Å². The molecule has 4 fully saturated rings. The van der Waals surface area contributed by atoms with E-state index >= 15 is 0 Å². The predicted molar refractivity (Wildman–Crippen MR) is 65.0 cm³/mol. The summed E-state index contributed by atoms with van der Waals surface area (Å²) < 4.78 is 0. The van der Waals surface area contributed by atoms with E-state index in [2.05, 4.69) is 27.7 Å². The summed E-state index contributed by atoms with van der Waals surface area (Å²) in [6.45, 7) is 9.49. The summed E-state index contributed by atoms with van der Waals surface area (Å²) in [4.78, 5) is 12.3. The number of carbonyl (C=O) groups is 1. The van der Waals surface area contributed by atoms with Crippen LogP contribution >= 0.6 is 0 Å². The third kappa shape index (κ3) is 1.15. The van der Waals surface area contributed by atoms with Gasteiger partial charge in [0, 0.05) is 12.3 Å². The minimum absolute atomic E-state index is 0.272. The fourth-order valence-electron chi connectivity index (χ4n) is 5.02. The zero-order chi connectivity index (χ0) is 11.7. The molecule has 0 N–H and O–H groups in total. The molecule has 0 aliphatic heterocycles. The number of ketones is 1. The lowest BCUT2D eigenvalue weighted by atomic mass is 9.39. The summed E-state index contributed by atoms with van der Waals surface area (Å²) in [6.07, 6.45) is 4.73. The van der Waals surface area contributed by atoms with Crippen molar-refractivity contribution < 1.29 is 4.79 Å². The smallest absolute Gasteiger partial charge is 0.136 e. The lowest BCUT2D eigenvalue weighted by Gasteiger charge is -2.65. The van der Waals surface area contributed by atoms with E-state index in [-0.39, 0.29) is 5.41 Å². The zero-order valence-corrected chi connectivity index (χ0v) is 11.0. The van der Waals surface area contributed by atoms with Gasteiger partial charge in [0.1, 0.15) is 5.78 Å². The van der Waals surface area contributed by atoms with E-state index in [1.54, 1.807) is 0 Å². The molecule has 16 heavy (non-hydrogen) atoms. The Labute approximate surface area is 99.0 Å². The van der Waals surface area contributed by atoms with Gasteiger partial charge in [-0.2, -0.15) is 0 Å². The fraction of sp³-hybridized carbons (Fsp3) is 0.933. The Morgan fingerprint density at radius 2 is 1.75 bits per heavy atom. The van der Waals surface area contributed by atoms with Gasteiger partial charge in [-0.05, 0) is 47.8 Å². The molecule has 0 spiro atoms. The van der Waals surface area contributed by atoms with Crippen molar-refractivity contribution >= 4 is 5.78 Å². The highest BCUT2D eigenvalue weighted by Gasteiger charge is 2.62. The summed E-state index contributed by atoms with van der Waals surface area (Å²) >= 11 is 0. The monoisotopic (exact) mass is 220 g/mol. The van der Waals surface area contributed by atoms with Gasteiger partial charge in [0.15, 0.2) is 0 Å². The Hall–Kier alpha value is -0.330. The highest BCUT2D eigenvalue weighted by atomic mass is 16.1. The molecule has 0 saturated heterocycles. The summed E-state index contributed by atoms with van der Waals surface area (Å²) in [7, 11) is 0. The SMILES string of the molecule is CC1(C)CCC(=O)[C@H]2[C@H]1C1CC(C1)C2(C)C. The summed E-state index contributed by atoms with van der Waals surface area (Å²) in [5.74, 6) is 3.31. The molecule has 0 heterocycles. The van der Waals surface area contributed by atoms with E-state index < -0.39 is 0 Å². The van der Waals surface area contributed by atoms with Crippen LogP contribution in [0.2, 0.25) is 0 Å². The molecule has 2 atom stereocenters. The van der Waals surface area contributed by atoms with Gasteiger partial charge in [0.2, 0.25) is 0 Å². The highest BCUT2D eigenvalue weighted by Crippen LogP contribution is 2.67. The van der Waals surface area contributed by atoms with Gasteiger partial charge >= 0.3 is 0 Å². The van der Waals surface area contributed by atoms with Crippen LogP contribution < -0.4 is 0 Å². The van der Waals surface area contributed by atoms with Crippen molar-refractivity contribution in [3.63, 3.8) is 0 Å². The number of Topliss-reactive ketones (excluding diaryl/α,β-unsaturated/α-hetero) is 1. The maximum atomic E-state index is 12.3. The molecule has 4 rings (SSSR count). The molecule has 90 valence electrons. The fourth-order valence-corrected chi connectivity index (χ4v) is 5.02. The molecule has 0 amide bonds. The quantitative estimate of drug-likeness (QED) is 0.608. The van der Waals surface area contributed by atoms with Gasteiger partial charge in [0.25, 0.3) is 0 Å². The van der Waals surface area contributed by atoms with E-state index in [1.807, 2.05) is 0 Å². The van der Waals surface area contributed by atoms with Crippen LogP contribution in [0.1, 0.15) is 53.4 Å². The predicted octanol–water partition coefficient (Wildman–Crippen LogP) is 3.67. The average Bonchev–Trinajstić information content (AvgIpc) is 2.07. The Morgan fingerprint density at radius 3 is 2.31 bits per heavy atom. The van der Waals surface area contributed by atoms with E-state index in [4.69, 9.17) is 0 Å². The largest absolute Gasteiger partial charge is 0.299 e. The van der Waals surface area contributed by atoms with Gasteiger partial charge in [-0.3, -0.25) is 4.79 Å². The molecular formula is C15H24O. The lowest BCUT2D eigenvalue weighted by Crippen LogP contribution is -2.61. The Kier molecular flexibility index (Phi) is 1.97. The molecule has 2 bridgehead atoms. The molecule has 1 heteroatoms. The van der Waals surface area contributed by atoms with Crippen molar-refractivity contribution in [2.24, 2.45) is 34.5 Å². The molecule has 0 unspecified atom stereocenters. The van der Waals surface area contributed by atoms with Gasteiger partial charge in [0.05, 0.1) is 0 Å². The van der Waals surface area contributed by atoms with Crippen LogP contribution in [0.25, 0.3) is 0 Å². The number of carbonyl (C=O) groups excluding carboxylic acids is 1. The Balaban J connectivity index is 2.03. The molecule has 0 aromatic rings. The molecule has 4 aliphatic rings.